The summed E-state index contributed by atoms with van der Waals surface area (Å²) >= 11 is 0. The van der Waals surface area contributed by atoms with Gasteiger partial charge in [0.15, 0.2) is 44.7 Å². The minimum Gasteiger partial charge on any atom is -0.369 e. The summed E-state index contributed by atoms with van der Waals surface area (Å²) in [6, 6.07) is 0. The quantitative estimate of drug-likeness (QED) is 0.110. The van der Waals surface area contributed by atoms with Crippen LogP contribution < -0.4 is 44.8 Å². The van der Waals surface area contributed by atoms with Crippen molar-refractivity contribution in [1.82, 2.24) is 78.9 Å². The van der Waals surface area contributed by atoms with Gasteiger partial charge in [-0.15, -0.1) is 0 Å². The van der Waals surface area contributed by atoms with Crippen LogP contribution in [0, 0.1) is 0 Å². The lowest BCUT2D eigenvalue weighted by molar-refractivity contribution is 0.388. The smallest absolute Gasteiger partial charge is 0.281 e. The number of anilines is 4. The minimum atomic E-state index is -0.395. The molecular formula is C39H64N20O4. The van der Waals surface area contributed by atoms with Gasteiger partial charge in [-0.25, -0.2) is 19.9 Å². The van der Waals surface area contributed by atoms with Gasteiger partial charge in [-0.05, 0) is 62.3 Å². The molecule has 8 aromatic rings. The molecular weight excluding hydrogens is 813 g/mol. The molecule has 0 aliphatic carbocycles. The molecule has 0 aliphatic heterocycles. The zero-order chi connectivity index (χ0) is 44.7. The molecule has 63 heavy (non-hydrogen) atoms. The fourth-order valence-electron chi connectivity index (χ4n) is 5.51. The van der Waals surface area contributed by atoms with Crippen molar-refractivity contribution < 1.29 is 0 Å². The van der Waals surface area contributed by atoms with Crippen molar-refractivity contribution in [2.75, 3.05) is 22.5 Å². The second-order valence-corrected chi connectivity index (χ2v) is 17.7. The van der Waals surface area contributed by atoms with Crippen LogP contribution in [0.15, 0.2) is 38.2 Å². The van der Waals surface area contributed by atoms with Crippen molar-refractivity contribution in [1.29, 1.82) is 0 Å². The summed E-state index contributed by atoms with van der Waals surface area (Å²) in [7, 11) is 0. The maximum absolute atomic E-state index is 12.0. The molecule has 0 saturated heterocycles. The van der Waals surface area contributed by atoms with Crippen molar-refractivity contribution in [3.05, 3.63) is 66.2 Å². The Morgan fingerprint density at radius 2 is 1.11 bits per heavy atom. The highest BCUT2D eigenvalue weighted by Crippen LogP contribution is 2.21. The average molecular weight is 877 g/mol. The number of fused-ring (bicyclic) bond motifs is 4. The van der Waals surface area contributed by atoms with E-state index in [0.717, 1.165) is 5.82 Å². The number of nitrogens with one attached hydrogen (secondary N) is 7. The van der Waals surface area contributed by atoms with E-state index in [-0.39, 0.29) is 78.9 Å². The lowest BCUT2D eigenvalue weighted by atomic mass is 9.96. The Hall–Kier alpha value is -7.40. The molecule has 8 aromatic heterocycles. The lowest BCUT2D eigenvalue weighted by Gasteiger charge is -2.23. The van der Waals surface area contributed by atoms with E-state index in [9.17, 15) is 19.2 Å². The summed E-state index contributed by atoms with van der Waals surface area (Å²) in [6.45, 7) is 23.7. The summed E-state index contributed by atoms with van der Waals surface area (Å²) in [5.41, 5.74) is 17.9. The molecule has 0 radical (unpaired) electrons. The molecule has 344 valence electrons. The standard InChI is InChI=1S/4C9H13N5O.3CH4/c1-9(2,3)14-4-11-5-6(14)12-8(10)13-7(5)15;1-9(2,3)14-7(15)5-6(12-4-11-5)13-8(14)10;1-9(2,3)14-8-12-6-5(7(15)13-8)10-4-11-6;1-9(2,3)7-11-4-5(12-7)13-8(10)14-6(4)15;;;/h4H,1-3H3,(H3,10,12,13,15);4H,1-3H3,(H2,10,13)(H,11,12);4H,1-3H3,(H3,10,11,12,13,14,15);1-3H3,(H4,10,11,12,13,14,15);3*1H4. The molecule has 0 saturated carbocycles. The van der Waals surface area contributed by atoms with Crippen LogP contribution in [0.2, 0.25) is 0 Å². The highest BCUT2D eigenvalue weighted by molar-refractivity contribution is 5.72. The molecule has 0 aliphatic rings. The van der Waals surface area contributed by atoms with Gasteiger partial charge in [0, 0.05) is 22.0 Å². The van der Waals surface area contributed by atoms with Crippen LogP contribution in [-0.2, 0) is 16.5 Å². The molecule has 8 rings (SSSR count). The number of H-pyrrole nitrogens is 6. The lowest BCUT2D eigenvalue weighted by Crippen LogP contribution is -2.36. The van der Waals surface area contributed by atoms with E-state index in [1.807, 2.05) is 87.7 Å². The van der Waals surface area contributed by atoms with Gasteiger partial charge in [-0.1, -0.05) is 43.1 Å². The van der Waals surface area contributed by atoms with Crippen molar-refractivity contribution in [3.63, 3.8) is 0 Å². The van der Waals surface area contributed by atoms with Crippen LogP contribution in [0.4, 0.5) is 23.8 Å². The van der Waals surface area contributed by atoms with E-state index in [2.05, 4.69) is 75.1 Å². The Morgan fingerprint density at radius 1 is 0.571 bits per heavy atom. The van der Waals surface area contributed by atoms with Crippen LogP contribution in [0.25, 0.3) is 44.7 Å². The molecule has 0 bridgehead atoms. The predicted molar refractivity (Wildman–Crippen MR) is 251 cm³/mol. The van der Waals surface area contributed by atoms with Crippen LogP contribution in [0.3, 0.4) is 0 Å². The van der Waals surface area contributed by atoms with Crippen LogP contribution in [0.5, 0.6) is 0 Å². The van der Waals surface area contributed by atoms with Gasteiger partial charge < -0.3 is 42.0 Å². The highest BCUT2D eigenvalue weighted by Gasteiger charge is 2.22. The molecule has 0 spiro atoms. The van der Waals surface area contributed by atoms with Gasteiger partial charge in [0.1, 0.15) is 5.82 Å². The van der Waals surface area contributed by atoms with Crippen LogP contribution in [0.1, 0.15) is 111 Å². The molecule has 8 heterocycles. The zero-order valence-corrected chi connectivity index (χ0v) is 35.6. The molecule has 0 unspecified atom stereocenters. The van der Waals surface area contributed by atoms with Gasteiger partial charge in [0.2, 0.25) is 23.8 Å². The van der Waals surface area contributed by atoms with Gasteiger partial charge in [0.25, 0.3) is 22.2 Å². The number of aromatic amines is 6. The highest BCUT2D eigenvalue weighted by atomic mass is 16.1. The van der Waals surface area contributed by atoms with E-state index in [4.69, 9.17) is 17.2 Å². The Morgan fingerprint density at radius 3 is 1.67 bits per heavy atom. The number of hydrogen-bond donors (Lipinski definition) is 10. The number of nitrogens with zero attached hydrogens (tertiary/aromatic N) is 10. The molecule has 24 heteroatoms. The minimum absolute atomic E-state index is 0. The Labute approximate surface area is 362 Å². The number of aromatic nitrogens is 16. The first kappa shape index (κ1) is 51.7. The number of rotatable bonds is 1. The topological polar surface area (TPSA) is 366 Å². The summed E-state index contributed by atoms with van der Waals surface area (Å²) in [6.07, 6.45) is 4.49. The van der Waals surface area contributed by atoms with Gasteiger partial charge in [0.05, 0.1) is 19.0 Å². The van der Waals surface area contributed by atoms with Crippen LogP contribution >= 0.6 is 0 Å². The molecule has 13 N–H and O–H groups in total. The van der Waals surface area contributed by atoms with Crippen molar-refractivity contribution >= 4 is 68.4 Å². The Bertz CT molecular complexity index is 3020. The van der Waals surface area contributed by atoms with Gasteiger partial charge in [-0.2, -0.15) is 19.9 Å². The third-order valence-corrected chi connectivity index (χ3v) is 8.18. The molecule has 24 nitrogen and oxygen atoms in total. The molecule has 0 aromatic carbocycles. The number of imidazole rings is 4. The number of nitrogen functional groups attached to an aromatic ring is 3. The van der Waals surface area contributed by atoms with E-state index in [1.54, 1.807) is 6.33 Å². The van der Waals surface area contributed by atoms with E-state index in [1.165, 1.54) is 17.2 Å². The SMILES string of the molecule is C.C.C.CC(C)(C)Nc1nc2nc[nH]c2c(=O)[nH]1.CC(C)(C)c1nc2nc(N)[nH]c(=O)c2[nH]1.CC(C)(C)n1c(N)nc2nc[nH]c2c1=O.CC(C)(C)n1cnc2c(=O)[nH]c(N)nc21. The normalized spacial score (nSPS) is 11.6. The number of nitrogens with two attached hydrogens (primary N) is 3. The third kappa shape index (κ3) is 11.9. The fourth-order valence-corrected chi connectivity index (χ4v) is 5.51. The first-order valence-corrected chi connectivity index (χ1v) is 18.6. The average Bonchev–Trinajstić information content (AvgIpc) is 3.89. The first-order valence-electron chi connectivity index (χ1n) is 18.6. The van der Waals surface area contributed by atoms with E-state index < -0.39 is 5.54 Å². The molecule has 0 amide bonds. The largest absolute Gasteiger partial charge is 0.369 e. The van der Waals surface area contributed by atoms with Crippen LogP contribution in [-0.4, -0.2) is 84.4 Å². The fraction of sp³-hybridized carbons (Fsp3) is 0.487. The van der Waals surface area contributed by atoms with Crippen molar-refractivity contribution in [3.8, 4) is 0 Å². The Kier molecular flexibility index (Phi) is 15.4. The van der Waals surface area contributed by atoms with Crippen molar-refractivity contribution in [2.45, 2.75) is 127 Å². The van der Waals surface area contributed by atoms with Gasteiger partial charge in [-0.3, -0.25) is 38.7 Å². The third-order valence-electron chi connectivity index (χ3n) is 8.18. The molecule has 0 atom stereocenters. The second-order valence-electron chi connectivity index (χ2n) is 17.7. The molecule has 0 fully saturated rings. The van der Waals surface area contributed by atoms with Crippen molar-refractivity contribution in [2.24, 2.45) is 0 Å². The summed E-state index contributed by atoms with van der Waals surface area (Å²) in [5, 5.41) is 3.08. The summed E-state index contributed by atoms with van der Waals surface area (Å²) in [4.78, 5) is 94.9. The maximum Gasteiger partial charge on any atom is 0.281 e. The first-order chi connectivity index (χ1) is 27.6. The summed E-state index contributed by atoms with van der Waals surface area (Å²) in [5.74, 6) is 1.54. The Balaban J connectivity index is 0.000000284. The zero-order valence-electron chi connectivity index (χ0n) is 35.6. The maximum atomic E-state index is 12.0. The van der Waals surface area contributed by atoms with E-state index in [0.29, 0.717) is 50.6 Å². The number of hydrogen-bond acceptors (Lipinski definition) is 16. The second kappa shape index (κ2) is 18.7. The van der Waals surface area contributed by atoms with Gasteiger partial charge >= 0.3 is 0 Å². The monoisotopic (exact) mass is 877 g/mol. The van der Waals surface area contributed by atoms with E-state index >= 15 is 0 Å². The summed E-state index contributed by atoms with van der Waals surface area (Å²) < 4.78 is 3.28. The predicted octanol–water partition coefficient (Wildman–Crippen LogP) is 4.20.